The SMILES string of the molecule is CCCCCc1cc2c3c(c1)OC1C3C(CC[C@]1(C)O)C(C)=CO2. The van der Waals surface area contributed by atoms with Crippen LogP contribution < -0.4 is 9.47 Å². The van der Waals surface area contributed by atoms with Gasteiger partial charge < -0.3 is 14.6 Å². The molecule has 0 saturated heterocycles. The van der Waals surface area contributed by atoms with Crippen molar-refractivity contribution in [1.82, 2.24) is 0 Å². The van der Waals surface area contributed by atoms with E-state index in [4.69, 9.17) is 9.47 Å². The highest BCUT2D eigenvalue weighted by Gasteiger charge is 2.54. The number of rotatable bonds is 4. The zero-order valence-electron chi connectivity index (χ0n) is 15.0. The Morgan fingerprint density at radius 3 is 2.83 bits per heavy atom. The van der Waals surface area contributed by atoms with Gasteiger partial charge in [0.25, 0.3) is 0 Å². The van der Waals surface area contributed by atoms with Crippen LogP contribution in [0.25, 0.3) is 0 Å². The van der Waals surface area contributed by atoms with Crippen molar-refractivity contribution in [1.29, 1.82) is 0 Å². The molecule has 1 saturated carbocycles. The molecule has 0 radical (unpaired) electrons. The summed E-state index contributed by atoms with van der Waals surface area (Å²) in [6, 6.07) is 4.37. The van der Waals surface area contributed by atoms with Crippen LogP contribution in [0.5, 0.6) is 11.5 Å². The molecule has 4 atom stereocenters. The third-order valence-corrected chi connectivity index (χ3v) is 6.11. The van der Waals surface area contributed by atoms with Gasteiger partial charge in [-0.25, -0.2) is 0 Å². The predicted molar refractivity (Wildman–Crippen MR) is 94.6 cm³/mol. The second kappa shape index (κ2) is 5.80. The maximum Gasteiger partial charge on any atom is 0.135 e. The third kappa shape index (κ3) is 2.45. The van der Waals surface area contributed by atoms with Crippen LogP contribution in [0.4, 0.5) is 0 Å². The molecule has 0 spiro atoms. The fraction of sp³-hybridized carbons (Fsp3) is 0.619. The molecule has 2 aliphatic heterocycles. The van der Waals surface area contributed by atoms with Gasteiger partial charge in [0.1, 0.15) is 17.6 Å². The number of aryl methyl sites for hydroxylation is 1. The number of hydrogen-bond acceptors (Lipinski definition) is 3. The van der Waals surface area contributed by atoms with E-state index in [1.165, 1.54) is 36.0 Å². The molecule has 1 aliphatic carbocycles. The molecule has 3 aliphatic rings. The second-order valence-electron chi connectivity index (χ2n) is 8.01. The van der Waals surface area contributed by atoms with Gasteiger partial charge >= 0.3 is 0 Å². The molecule has 1 N–H and O–H groups in total. The zero-order valence-corrected chi connectivity index (χ0v) is 15.0. The molecule has 24 heavy (non-hydrogen) atoms. The summed E-state index contributed by atoms with van der Waals surface area (Å²) >= 11 is 0. The Hall–Kier alpha value is -1.48. The van der Waals surface area contributed by atoms with Gasteiger partial charge in [0.05, 0.1) is 11.9 Å². The van der Waals surface area contributed by atoms with Gasteiger partial charge in [-0.15, -0.1) is 0 Å². The van der Waals surface area contributed by atoms with Crippen LogP contribution in [0.15, 0.2) is 24.0 Å². The lowest BCUT2D eigenvalue weighted by molar-refractivity contribution is -0.0823. The van der Waals surface area contributed by atoms with Gasteiger partial charge in [-0.05, 0) is 68.7 Å². The van der Waals surface area contributed by atoms with Crippen molar-refractivity contribution in [3.63, 3.8) is 0 Å². The number of benzene rings is 1. The van der Waals surface area contributed by atoms with Crippen LogP contribution in [0.2, 0.25) is 0 Å². The van der Waals surface area contributed by atoms with Crippen LogP contribution in [-0.2, 0) is 6.42 Å². The van der Waals surface area contributed by atoms with Crippen molar-refractivity contribution in [2.75, 3.05) is 0 Å². The quantitative estimate of drug-likeness (QED) is 0.813. The van der Waals surface area contributed by atoms with Gasteiger partial charge in [0, 0.05) is 11.5 Å². The van der Waals surface area contributed by atoms with Gasteiger partial charge in [0.2, 0.25) is 0 Å². The third-order valence-electron chi connectivity index (χ3n) is 6.11. The Balaban J connectivity index is 1.75. The summed E-state index contributed by atoms with van der Waals surface area (Å²) in [6.07, 6.45) is 8.23. The Morgan fingerprint density at radius 1 is 1.25 bits per heavy atom. The molecule has 0 aromatic heterocycles. The minimum atomic E-state index is -0.773. The van der Waals surface area contributed by atoms with Crippen LogP contribution in [0, 0.1) is 5.92 Å². The second-order valence-corrected chi connectivity index (χ2v) is 8.01. The molecule has 3 nitrogen and oxygen atoms in total. The Morgan fingerprint density at radius 2 is 2.04 bits per heavy atom. The Bertz CT molecular complexity index is 674. The molecule has 0 amide bonds. The van der Waals surface area contributed by atoms with Crippen molar-refractivity contribution in [2.45, 2.75) is 76.9 Å². The lowest BCUT2D eigenvalue weighted by Gasteiger charge is -2.42. The summed E-state index contributed by atoms with van der Waals surface area (Å²) in [5, 5.41) is 10.9. The number of unbranched alkanes of at least 4 members (excludes halogenated alkanes) is 2. The lowest BCUT2D eigenvalue weighted by Crippen LogP contribution is -2.50. The van der Waals surface area contributed by atoms with Gasteiger partial charge in [-0.1, -0.05) is 19.8 Å². The minimum Gasteiger partial charge on any atom is -0.486 e. The Labute approximate surface area is 144 Å². The van der Waals surface area contributed by atoms with E-state index in [0.717, 1.165) is 30.8 Å². The smallest absolute Gasteiger partial charge is 0.135 e. The molecule has 3 unspecified atom stereocenters. The zero-order chi connectivity index (χ0) is 16.9. The maximum atomic E-state index is 10.9. The van der Waals surface area contributed by atoms with Crippen molar-refractivity contribution in [2.24, 2.45) is 5.92 Å². The van der Waals surface area contributed by atoms with E-state index in [-0.39, 0.29) is 12.0 Å². The van der Waals surface area contributed by atoms with E-state index in [1.807, 2.05) is 13.2 Å². The highest BCUT2D eigenvalue weighted by atomic mass is 16.5. The average Bonchev–Trinajstić information content (AvgIpc) is 2.87. The summed E-state index contributed by atoms with van der Waals surface area (Å²) in [6.45, 7) is 6.30. The molecular formula is C21H28O3. The van der Waals surface area contributed by atoms with Gasteiger partial charge in [-0.3, -0.25) is 0 Å². The van der Waals surface area contributed by atoms with E-state index in [1.54, 1.807) is 0 Å². The van der Waals surface area contributed by atoms with E-state index >= 15 is 0 Å². The summed E-state index contributed by atoms with van der Waals surface area (Å²) < 4.78 is 12.4. The molecule has 1 aromatic carbocycles. The first-order valence-corrected chi connectivity index (χ1v) is 9.40. The molecule has 3 heteroatoms. The highest BCUT2D eigenvalue weighted by molar-refractivity contribution is 5.56. The van der Waals surface area contributed by atoms with Crippen LogP contribution in [-0.4, -0.2) is 16.8 Å². The van der Waals surface area contributed by atoms with E-state index in [9.17, 15) is 5.11 Å². The maximum absolute atomic E-state index is 10.9. The number of allylic oxidation sites excluding steroid dienone is 1. The number of aliphatic hydroxyl groups is 1. The Kier molecular flexibility index (Phi) is 3.87. The topological polar surface area (TPSA) is 38.7 Å². The molecular weight excluding hydrogens is 300 g/mol. The first-order valence-electron chi connectivity index (χ1n) is 9.40. The summed E-state index contributed by atoms with van der Waals surface area (Å²) in [5.74, 6) is 2.49. The van der Waals surface area contributed by atoms with Crippen molar-refractivity contribution < 1.29 is 14.6 Å². The minimum absolute atomic E-state index is 0.166. The first kappa shape index (κ1) is 16.0. The van der Waals surface area contributed by atoms with E-state index < -0.39 is 5.60 Å². The van der Waals surface area contributed by atoms with E-state index in [0.29, 0.717) is 5.92 Å². The highest BCUT2D eigenvalue weighted by Crippen LogP contribution is 2.57. The van der Waals surface area contributed by atoms with E-state index in [2.05, 4.69) is 26.0 Å². The molecule has 0 bridgehead atoms. The predicted octanol–water partition coefficient (Wildman–Crippen LogP) is 4.72. The molecule has 1 fully saturated rings. The van der Waals surface area contributed by atoms with Crippen LogP contribution >= 0.6 is 0 Å². The normalized spacial score (nSPS) is 33.2. The van der Waals surface area contributed by atoms with Gasteiger partial charge in [0.15, 0.2) is 0 Å². The summed E-state index contributed by atoms with van der Waals surface area (Å²) in [5.41, 5.74) is 2.95. The van der Waals surface area contributed by atoms with Crippen molar-refractivity contribution in [3.05, 3.63) is 35.1 Å². The standard InChI is InChI=1S/C21H28O3/c1-4-5-6-7-14-10-16-19-17(11-14)24-20-18(19)15(13(2)12-23-16)8-9-21(20,3)22/h10-12,15,18,20,22H,4-9H2,1-3H3/t15?,18?,20?,21-/m0/s1. The first-order chi connectivity index (χ1) is 11.5. The molecule has 4 rings (SSSR count). The lowest BCUT2D eigenvalue weighted by atomic mass is 9.66. The average molecular weight is 328 g/mol. The molecule has 130 valence electrons. The summed E-state index contributed by atoms with van der Waals surface area (Å²) in [7, 11) is 0. The fourth-order valence-corrected chi connectivity index (χ4v) is 4.71. The molecule has 1 aromatic rings. The van der Waals surface area contributed by atoms with Gasteiger partial charge in [-0.2, -0.15) is 0 Å². The molecule has 2 heterocycles. The largest absolute Gasteiger partial charge is 0.486 e. The summed E-state index contributed by atoms with van der Waals surface area (Å²) in [4.78, 5) is 0. The monoisotopic (exact) mass is 328 g/mol. The van der Waals surface area contributed by atoms with Crippen molar-refractivity contribution >= 4 is 0 Å². The fourth-order valence-electron chi connectivity index (χ4n) is 4.71. The number of hydrogen-bond donors (Lipinski definition) is 1. The van der Waals surface area contributed by atoms with Crippen LogP contribution in [0.3, 0.4) is 0 Å². The van der Waals surface area contributed by atoms with Crippen LogP contribution in [0.1, 0.15) is 69.9 Å². The number of ether oxygens (including phenoxy) is 2. The van der Waals surface area contributed by atoms with Crippen molar-refractivity contribution in [3.8, 4) is 11.5 Å².